The Morgan fingerprint density at radius 2 is 1.78 bits per heavy atom. The molecular weight excluding hydrogens is 470 g/mol. The lowest BCUT2D eigenvalue weighted by Crippen LogP contribution is -2.40. The smallest absolute Gasteiger partial charge is 0.305 e. The van der Waals surface area contributed by atoms with Crippen LogP contribution >= 0.6 is 0 Å². The van der Waals surface area contributed by atoms with Gasteiger partial charge in [-0.25, -0.2) is 4.98 Å². The van der Waals surface area contributed by atoms with Crippen LogP contribution in [-0.4, -0.2) is 33.6 Å². The lowest BCUT2D eigenvalue weighted by atomic mass is 9.94. The summed E-state index contributed by atoms with van der Waals surface area (Å²) >= 11 is 0. The Morgan fingerprint density at radius 3 is 2.35 bits per heavy atom. The second-order valence-corrected chi connectivity index (χ2v) is 9.84. The minimum absolute atomic E-state index is 0.116. The monoisotopic (exact) mass is 505 g/mol. The number of carbonyl (C=O) groups excluding carboxylic acids is 1. The molecule has 0 aliphatic rings. The maximum Gasteiger partial charge on any atom is 0.305 e. The van der Waals surface area contributed by atoms with E-state index < -0.39 is 24.0 Å². The highest BCUT2D eigenvalue weighted by atomic mass is 16.5. The van der Waals surface area contributed by atoms with Crippen LogP contribution in [-0.2, 0) is 9.59 Å². The number of carbonyl (C=O) groups is 2. The third-order valence-electron chi connectivity index (χ3n) is 6.35. The van der Waals surface area contributed by atoms with Crippen LogP contribution in [0.1, 0.15) is 61.0 Å². The van der Waals surface area contributed by atoms with E-state index in [9.17, 15) is 19.5 Å². The first-order valence-electron chi connectivity index (χ1n) is 12.3. The molecule has 3 aromatic rings. The van der Waals surface area contributed by atoms with Gasteiger partial charge in [-0.3, -0.25) is 14.4 Å². The van der Waals surface area contributed by atoms with E-state index in [4.69, 9.17) is 4.74 Å². The maximum absolute atomic E-state index is 13.6. The first kappa shape index (κ1) is 27.6. The quantitative estimate of drug-likeness (QED) is 0.411. The molecule has 0 bridgehead atoms. The largest absolute Gasteiger partial charge is 0.481 e. The number of aryl methyl sites for hydroxylation is 3. The van der Waals surface area contributed by atoms with Gasteiger partial charge in [-0.1, -0.05) is 32.0 Å². The highest BCUT2D eigenvalue weighted by molar-refractivity contribution is 5.82. The highest BCUT2D eigenvalue weighted by Crippen LogP contribution is 2.33. The van der Waals surface area contributed by atoms with Gasteiger partial charge < -0.3 is 19.7 Å². The van der Waals surface area contributed by atoms with Gasteiger partial charge in [0.1, 0.15) is 6.04 Å². The van der Waals surface area contributed by atoms with Crippen LogP contribution in [0.4, 0.5) is 0 Å². The first-order valence-corrected chi connectivity index (χ1v) is 12.3. The molecule has 0 aliphatic heterocycles. The fraction of sp³-hybridized carbons (Fsp3) is 0.379. The van der Waals surface area contributed by atoms with Gasteiger partial charge in [0.15, 0.2) is 0 Å². The standard InChI is InChI=1S/C29H35N3O5/c1-17(2)12-24(32-11-10-18(3)13-25(32)33)28(36)31-23(15-26(34)35)22-14-21(16-30-29(22)37-6)27-19(4)8-7-9-20(27)5/h7-11,13-14,16-17,23-24H,12,15H2,1-6H3,(H,31,36)(H,34,35)/t23?,24-/m0/s1. The van der Waals surface area contributed by atoms with E-state index in [2.05, 4.69) is 10.3 Å². The molecule has 0 saturated heterocycles. The number of hydrogen-bond donors (Lipinski definition) is 2. The second kappa shape index (κ2) is 11.9. The van der Waals surface area contributed by atoms with Crippen molar-refractivity contribution in [3.63, 3.8) is 0 Å². The van der Waals surface area contributed by atoms with Crippen LogP contribution < -0.4 is 15.6 Å². The Balaban J connectivity index is 2.07. The summed E-state index contributed by atoms with van der Waals surface area (Å²) < 4.78 is 6.88. The predicted octanol–water partition coefficient (Wildman–Crippen LogP) is 4.76. The number of benzene rings is 1. The number of aliphatic carboxylic acids is 1. The first-order chi connectivity index (χ1) is 17.5. The Kier molecular flexibility index (Phi) is 8.86. The second-order valence-electron chi connectivity index (χ2n) is 9.84. The van der Waals surface area contributed by atoms with Crippen molar-refractivity contribution in [1.82, 2.24) is 14.9 Å². The Hall–Kier alpha value is -3.94. The fourth-order valence-corrected chi connectivity index (χ4v) is 4.62. The number of pyridine rings is 2. The Morgan fingerprint density at radius 1 is 1.11 bits per heavy atom. The van der Waals surface area contributed by atoms with Crippen LogP contribution in [0.5, 0.6) is 5.88 Å². The maximum atomic E-state index is 13.6. The topological polar surface area (TPSA) is 111 Å². The zero-order chi connectivity index (χ0) is 27.3. The number of carboxylic acid groups (broad SMARTS) is 1. The molecule has 2 N–H and O–H groups in total. The number of nitrogens with one attached hydrogen (secondary N) is 1. The molecule has 3 rings (SSSR count). The van der Waals surface area contributed by atoms with Crippen molar-refractivity contribution >= 4 is 11.9 Å². The number of amides is 1. The van der Waals surface area contributed by atoms with Gasteiger partial charge in [-0.05, 0) is 67.5 Å². The summed E-state index contributed by atoms with van der Waals surface area (Å²) in [5, 5.41) is 12.6. The van der Waals surface area contributed by atoms with Crippen LogP contribution in [0.2, 0.25) is 0 Å². The van der Waals surface area contributed by atoms with E-state index in [0.29, 0.717) is 12.0 Å². The van der Waals surface area contributed by atoms with E-state index in [-0.39, 0.29) is 23.8 Å². The zero-order valence-corrected chi connectivity index (χ0v) is 22.2. The van der Waals surface area contributed by atoms with E-state index >= 15 is 0 Å². The number of rotatable bonds is 10. The normalized spacial score (nSPS) is 12.7. The van der Waals surface area contributed by atoms with Crippen LogP contribution in [0.3, 0.4) is 0 Å². The van der Waals surface area contributed by atoms with Crippen LogP contribution in [0.25, 0.3) is 11.1 Å². The number of methoxy groups -OCH3 is 1. The molecule has 1 amide bonds. The molecule has 1 aromatic carbocycles. The van der Waals surface area contributed by atoms with E-state index in [1.54, 1.807) is 18.5 Å². The molecular formula is C29H35N3O5. The predicted molar refractivity (Wildman–Crippen MR) is 143 cm³/mol. The van der Waals surface area contributed by atoms with E-state index in [1.165, 1.54) is 17.7 Å². The average Bonchev–Trinajstić information content (AvgIpc) is 2.82. The summed E-state index contributed by atoms with van der Waals surface area (Å²) in [6.07, 6.45) is 3.33. The summed E-state index contributed by atoms with van der Waals surface area (Å²) in [5.74, 6) is -1.18. The molecule has 8 heteroatoms. The summed E-state index contributed by atoms with van der Waals surface area (Å²) in [7, 11) is 1.46. The Bertz CT molecular complexity index is 1330. The molecule has 37 heavy (non-hydrogen) atoms. The lowest BCUT2D eigenvalue weighted by molar-refractivity contribution is -0.138. The molecule has 196 valence electrons. The minimum atomic E-state index is -1.09. The van der Waals surface area contributed by atoms with Crippen molar-refractivity contribution in [3.8, 4) is 17.0 Å². The Labute approximate surface area is 217 Å². The third-order valence-corrected chi connectivity index (χ3v) is 6.35. The number of hydrogen-bond acceptors (Lipinski definition) is 5. The van der Waals surface area contributed by atoms with Crippen molar-refractivity contribution in [2.45, 2.75) is 59.5 Å². The number of ether oxygens (including phenoxy) is 1. The van der Waals surface area contributed by atoms with Gasteiger partial charge in [0.2, 0.25) is 11.8 Å². The molecule has 2 heterocycles. The van der Waals surface area contributed by atoms with Crippen LogP contribution in [0, 0.1) is 26.7 Å². The van der Waals surface area contributed by atoms with Gasteiger partial charge in [0.25, 0.3) is 5.56 Å². The summed E-state index contributed by atoms with van der Waals surface area (Å²) in [6.45, 7) is 9.75. The number of nitrogens with zero attached hydrogens (tertiary/aromatic N) is 2. The van der Waals surface area contributed by atoms with E-state index in [1.807, 2.05) is 58.9 Å². The molecule has 0 saturated carbocycles. The molecule has 2 atom stereocenters. The molecule has 2 aromatic heterocycles. The molecule has 0 spiro atoms. The van der Waals surface area contributed by atoms with Crippen molar-refractivity contribution in [1.29, 1.82) is 0 Å². The highest BCUT2D eigenvalue weighted by Gasteiger charge is 2.29. The van der Waals surface area contributed by atoms with Gasteiger partial charge in [-0.15, -0.1) is 0 Å². The molecule has 0 aliphatic carbocycles. The molecule has 1 unspecified atom stereocenters. The van der Waals surface area contributed by atoms with Crippen molar-refractivity contribution < 1.29 is 19.4 Å². The van der Waals surface area contributed by atoms with Crippen LogP contribution in [0.15, 0.2) is 53.6 Å². The lowest BCUT2D eigenvalue weighted by Gasteiger charge is -2.26. The minimum Gasteiger partial charge on any atom is -0.481 e. The van der Waals surface area contributed by atoms with Gasteiger partial charge in [0.05, 0.1) is 19.6 Å². The number of aromatic nitrogens is 2. The van der Waals surface area contributed by atoms with E-state index in [0.717, 1.165) is 27.8 Å². The van der Waals surface area contributed by atoms with Gasteiger partial charge in [-0.2, -0.15) is 0 Å². The summed E-state index contributed by atoms with van der Waals surface area (Å²) in [6, 6.07) is 9.33. The van der Waals surface area contributed by atoms with Crippen molar-refractivity contribution in [2.24, 2.45) is 5.92 Å². The van der Waals surface area contributed by atoms with Crippen molar-refractivity contribution in [3.05, 3.63) is 81.4 Å². The molecule has 0 radical (unpaired) electrons. The third kappa shape index (κ3) is 6.64. The van der Waals surface area contributed by atoms with Gasteiger partial charge in [0, 0.05) is 29.6 Å². The summed E-state index contributed by atoms with van der Waals surface area (Å²) in [5.41, 5.74) is 4.85. The summed E-state index contributed by atoms with van der Waals surface area (Å²) in [4.78, 5) is 42.7. The number of carboxylic acids is 1. The zero-order valence-electron chi connectivity index (χ0n) is 22.2. The van der Waals surface area contributed by atoms with Crippen molar-refractivity contribution in [2.75, 3.05) is 7.11 Å². The SMILES string of the molecule is COc1ncc(-c2c(C)cccc2C)cc1C(CC(=O)O)NC(=O)[C@H](CC(C)C)n1ccc(C)cc1=O. The molecule has 0 fully saturated rings. The van der Waals surface area contributed by atoms with Gasteiger partial charge >= 0.3 is 5.97 Å². The molecule has 8 nitrogen and oxygen atoms in total. The fourth-order valence-electron chi connectivity index (χ4n) is 4.62. The average molecular weight is 506 g/mol.